The Labute approximate surface area is 164 Å². The van der Waals surface area contributed by atoms with Crippen molar-refractivity contribution in [2.45, 2.75) is 11.1 Å². The maximum absolute atomic E-state index is 13.0. The van der Waals surface area contributed by atoms with Crippen LogP contribution in [0.15, 0.2) is 53.9 Å². The molecule has 0 aromatic heterocycles. The number of anilines is 1. The van der Waals surface area contributed by atoms with Gasteiger partial charge in [-0.25, -0.2) is 8.42 Å². The molecule has 2 aromatic rings. The molecule has 0 N–H and O–H groups in total. The second-order valence-electron chi connectivity index (χ2n) is 5.26. The zero-order chi connectivity index (χ0) is 20.4. The van der Waals surface area contributed by atoms with Gasteiger partial charge >= 0.3 is 6.18 Å². The number of rotatable bonds is 6. The van der Waals surface area contributed by atoms with E-state index in [0.29, 0.717) is 0 Å². The first-order valence-corrected chi connectivity index (χ1v) is 9.56. The first kappa shape index (κ1) is 21.4. The maximum Gasteiger partial charge on any atom is 0.416 e. The van der Waals surface area contributed by atoms with Crippen LogP contribution in [-0.4, -0.2) is 22.1 Å². The number of hydrogen-bond donors (Lipinski definition) is 0. The summed E-state index contributed by atoms with van der Waals surface area (Å²) < 4.78 is 70.2. The topological polar surface area (TPSA) is 46.6 Å². The number of hydrogen-bond acceptors (Lipinski definition) is 3. The SMILES string of the molecule is C=CCN(c1ccc(C(F)(F)F)cc1)S(=O)(=O)c1ccc(OC)c(Cl)c1Cl. The lowest BCUT2D eigenvalue weighted by molar-refractivity contribution is -0.137. The molecular weight excluding hydrogens is 426 g/mol. The monoisotopic (exact) mass is 439 g/mol. The maximum atomic E-state index is 13.0. The van der Waals surface area contributed by atoms with E-state index in [1.165, 1.54) is 25.3 Å². The van der Waals surface area contributed by atoms with Crippen LogP contribution in [0, 0.1) is 0 Å². The van der Waals surface area contributed by atoms with Gasteiger partial charge < -0.3 is 4.74 Å². The van der Waals surface area contributed by atoms with E-state index >= 15 is 0 Å². The zero-order valence-corrected chi connectivity index (χ0v) is 16.3. The third-order valence-electron chi connectivity index (χ3n) is 3.58. The highest BCUT2D eigenvalue weighted by Gasteiger charge is 2.32. The summed E-state index contributed by atoms with van der Waals surface area (Å²) in [6, 6.07) is 6.25. The molecule has 0 fully saturated rings. The van der Waals surface area contributed by atoms with Gasteiger partial charge in [-0.15, -0.1) is 6.58 Å². The molecule has 0 bridgehead atoms. The summed E-state index contributed by atoms with van der Waals surface area (Å²) in [5.74, 6) is 0.186. The molecule has 0 spiro atoms. The van der Waals surface area contributed by atoms with Crippen molar-refractivity contribution in [2.24, 2.45) is 0 Å². The van der Waals surface area contributed by atoms with Crippen LogP contribution < -0.4 is 9.04 Å². The molecule has 0 unspecified atom stereocenters. The molecule has 0 aliphatic carbocycles. The molecule has 0 atom stereocenters. The number of halogens is 5. The van der Waals surface area contributed by atoms with Gasteiger partial charge in [0.15, 0.2) is 0 Å². The Morgan fingerprint density at radius 1 is 1.11 bits per heavy atom. The molecule has 0 saturated heterocycles. The second-order valence-corrected chi connectivity index (χ2v) is 7.85. The minimum atomic E-state index is -4.53. The van der Waals surface area contributed by atoms with Crippen LogP contribution in [-0.2, 0) is 16.2 Å². The van der Waals surface area contributed by atoms with E-state index in [2.05, 4.69) is 6.58 Å². The lowest BCUT2D eigenvalue weighted by Crippen LogP contribution is -2.31. The van der Waals surface area contributed by atoms with Crippen LogP contribution in [0.1, 0.15) is 5.56 Å². The first-order chi connectivity index (χ1) is 12.5. The minimum absolute atomic E-state index is 0.0194. The number of ether oxygens (including phenoxy) is 1. The summed E-state index contributed by atoms with van der Waals surface area (Å²) in [4.78, 5) is -0.309. The van der Waals surface area contributed by atoms with Gasteiger partial charge in [-0.05, 0) is 36.4 Å². The van der Waals surface area contributed by atoms with Crippen LogP contribution >= 0.6 is 23.2 Å². The quantitative estimate of drug-likeness (QED) is 0.565. The van der Waals surface area contributed by atoms with Gasteiger partial charge in [-0.1, -0.05) is 29.3 Å². The Bertz CT molecular complexity index is 945. The largest absolute Gasteiger partial charge is 0.495 e. The Morgan fingerprint density at radius 2 is 1.70 bits per heavy atom. The van der Waals surface area contributed by atoms with E-state index in [0.717, 1.165) is 28.6 Å². The van der Waals surface area contributed by atoms with Gasteiger partial charge in [0.25, 0.3) is 10.0 Å². The molecule has 0 saturated carbocycles. The predicted molar refractivity (Wildman–Crippen MR) is 99.2 cm³/mol. The highest BCUT2D eigenvalue weighted by molar-refractivity contribution is 7.93. The van der Waals surface area contributed by atoms with E-state index in [9.17, 15) is 21.6 Å². The average Bonchev–Trinajstić information content (AvgIpc) is 2.61. The van der Waals surface area contributed by atoms with Gasteiger partial charge in [-0.3, -0.25) is 4.31 Å². The predicted octanol–water partition coefficient (Wildman–Crippen LogP) is 5.40. The van der Waals surface area contributed by atoms with Crippen molar-refractivity contribution < 1.29 is 26.3 Å². The summed E-state index contributed by atoms with van der Waals surface area (Å²) >= 11 is 12.1. The van der Waals surface area contributed by atoms with E-state index in [1.807, 2.05) is 0 Å². The summed E-state index contributed by atoms with van der Waals surface area (Å²) in [7, 11) is -2.89. The van der Waals surface area contributed by atoms with Crippen molar-refractivity contribution in [2.75, 3.05) is 18.0 Å². The molecule has 10 heteroatoms. The van der Waals surface area contributed by atoms with Crippen molar-refractivity contribution in [3.63, 3.8) is 0 Å². The van der Waals surface area contributed by atoms with Crippen molar-refractivity contribution in [1.82, 2.24) is 0 Å². The summed E-state index contributed by atoms with van der Waals surface area (Å²) in [6.45, 7) is 3.31. The smallest absolute Gasteiger partial charge is 0.416 e. The fraction of sp³-hybridized carbons (Fsp3) is 0.176. The summed E-state index contributed by atoms with van der Waals surface area (Å²) in [5.41, 5.74) is -0.876. The van der Waals surface area contributed by atoms with Crippen LogP contribution in [0.3, 0.4) is 0 Å². The molecule has 0 aliphatic rings. The van der Waals surface area contributed by atoms with Crippen molar-refractivity contribution >= 4 is 38.9 Å². The lowest BCUT2D eigenvalue weighted by Gasteiger charge is -2.24. The van der Waals surface area contributed by atoms with Gasteiger partial charge in [0.05, 0.1) is 29.9 Å². The molecule has 0 amide bonds. The van der Waals surface area contributed by atoms with Crippen molar-refractivity contribution in [3.8, 4) is 5.75 Å². The normalized spacial score (nSPS) is 11.9. The molecule has 0 aliphatic heterocycles. The Balaban J connectivity index is 2.56. The van der Waals surface area contributed by atoms with Crippen molar-refractivity contribution in [3.05, 3.63) is 64.7 Å². The van der Waals surface area contributed by atoms with E-state index in [1.54, 1.807) is 0 Å². The Morgan fingerprint density at radius 3 is 2.19 bits per heavy atom. The van der Waals surface area contributed by atoms with Gasteiger partial charge in [0.2, 0.25) is 0 Å². The molecule has 2 aromatic carbocycles. The van der Waals surface area contributed by atoms with E-state index in [-0.39, 0.29) is 32.9 Å². The van der Waals surface area contributed by atoms with Crippen LogP contribution in [0.2, 0.25) is 10.0 Å². The number of sulfonamides is 1. The molecule has 27 heavy (non-hydrogen) atoms. The highest BCUT2D eigenvalue weighted by Crippen LogP contribution is 2.39. The third-order valence-corrected chi connectivity index (χ3v) is 6.39. The molecule has 146 valence electrons. The lowest BCUT2D eigenvalue weighted by atomic mass is 10.2. The fourth-order valence-electron chi connectivity index (χ4n) is 2.27. The van der Waals surface area contributed by atoms with Crippen LogP contribution in [0.25, 0.3) is 0 Å². The van der Waals surface area contributed by atoms with Crippen LogP contribution in [0.5, 0.6) is 5.75 Å². The summed E-state index contributed by atoms with van der Waals surface area (Å²) in [5, 5.41) is -0.344. The Kier molecular flexibility index (Phi) is 6.34. The average molecular weight is 440 g/mol. The van der Waals surface area contributed by atoms with E-state index in [4.69, 9.17) is 27.9 Å². The molecular formula is C17H14Cl2F3NO3S. The Hall–Kier alpha value is -1.90. The van der Waals surface area contributed by atoms with Gasteiger partial charge in [0.1, 0.15) is 15.7 Å². The highest BCUT2D eigenvalue weighted by atomic mass is 35.5. The van der Waals surface area contributed by atoms with Crippen molar-refractivity contribution in [1.29, 1.82) is 0 Å². The standard InChI is InChI=1S/C17H14Cl2F3NO3S/c1-3-10-23(12-6-4-11(5-7-12)17(20,21)22)27(24,25)14-9-8-13(26-2)15(18)16(14)19/h3-9H,1,10H2,2H3. The summed E-state index contributed by atoms with van der Waals surface area (Å²) in [6.07, 6.45) is -3.23. The van der Waals surface area contributed by atoms with E-state index < -0.39 is 21.8 Å². The minimum Gasteiger partial charge on any atom is -0.495 e. The zero-order valence-electron chi connectivity index (χ0n) is 13.9. The molecule has 0 heterocycles. The second kappa shape index (κ2) is 8.00. The molecule has 2 rings (SSSR count). The van der Waals surface area contributed by atoms with Crippen LogP contribution in [0.4, 0.5) is 18.9 Å². The molecule has 0 radical (unpaired) electrons. The number of nitrogens with zero attached hydrogens (tertiary/aromatic N) is 1. The number of alkyl halides is 3. The molecule has 4 nitrogen and oxygen atoms in total. The number of benzene rings is 2. The van der Waals surface area contributed by atoms with Gasteiger partial charge in [-0.2, -0.15) is 13.2 Å². The first-order valence-electron chi connectivity index (χ1n) is 7.37. The van der Waals surface area contributed by atoms with Gasteiger partial charge in [0, 0.05) is 0 Å². The number of methoxy groups -OCH3 is 1. The fourth-order valence-corrected chi connectivity index (χ4v) is 4.52. The third kappa shape index (κ3) is 4.34.